The van der Waals surface area contributed by atoms with E-state index in [1.165, 1.54) is 0 Å². The summed E-state index contributed by atoms with van der Waals surface area (Å²) in [4.78, 5) is 39.7. The molecule has 9 atom stereocenters. The molecule has 6 fully saturated rings. The largest absolute Gasteiger partial charge is 0.472 e. The average Bonchev–Trinajstić information content (AvgIpc) is 3.26. The Hall–Kier alpha value is -2.19. The Morgan fingerprint density at radius 2 is 1.76 bits per heavy atom. The first-order valence-electron chi connectivity index (χ1n) is 12.3. The molecule has 1 unspecified atom stereocenters. The minimum atomic E-state index is -0.976. The van der Waals surface area contributed by atoms with Crippen molar-refractivity contribution in [2.24, 2.45) is 28.1 Å². The molecule has 1 aromatic rings. The maximum absolute atomic E-state index is 14.2. The van der Waals surface area contributed by atoms with Crippen molar-refractivity contribution in [3.05, 3.63) is 24.2 Å². The highest BCUT2D eigenvalue weighted by molar-refractivity contribution is 5.93. The summed E-state index contributed by atoms with van der Waals surface area (Å²) >= 11 is 0. The van der Waals surface area contributed by atoms with Crippen LogP contribution in [0.15, 0.2) is 23.0 Å². The molecule has 8 heteroatoms. The summed E-state index contributed by atoms with van der Waals surface area (Å²) in [7, 11) is 0. The van der Waals surface area contributed by atoms with Gasteiger partial charge in [0.1, 0.15) is 24.1 Å². The Bertz CT molecular complexity index is 1120. The van der Waals surface area contributed by atoms with Crippen molar-refractivity contribution in [3.63, 3.8) is 0 Å². The van der Waals surface area contributed by atoms with Gasteiger partial charge in [-0.3, -0.25) is 9.59 Å². The van der Waals surface area contributed by atoms with Crippen LogP contribution in [-0.2, 0) is 33.3 Å². The molecule has 8 nitrogen and oxygen atoms in total. The van der Waals surface area contributed by atoms with E-state index in [4.69, 9.17) is 23.4 Å². The second-order valence-electron chi connectivity index (χ2n) is 12.2. The third-order valence-electron chi connectivity index (χ3n) is 10.7. The van der Waals surface area contributed by atoms with Crippen LogP contribution in [0.2, 0.25) is 0 Å². The molecule has 0 N–H and O–H groups in total. The van der Waals surface area contributed by atoms with Crippen LogP contribution in [0.25, 0.3) is 0 Å². The van der Waals surface area contributed by atoms with E-state index in [1.54, 1.807) is 12.5 Å². The second kappa shape index (κ2) is 5.95. The van der Waals surface area contributed by atoms with Crippen LogP contribution in [0.5, 0.6) is 0 Å². The number of fused-ring (bicyclic) bond motifs is 1. The van der Waals surface area contributed by atoms with Crippen LogP contribution in [0.1, 0.15) is 65.0 Å². The highest BCUT2D eigenvalue weighted by Gasteiger charge is 2.89. The molecule has 7 rings (SSSR count). The molecule has 182 valence electrons. The van der Waals surface area contributed by atoms with Gasteiger partial charge in [-0.1, -0.05) is 6.92 Å². The number of ketones is 1. The Morgan fingerprint density at radius 3 is 2.50 bits per heavy atom. The van der Waals surface area contributed by atoms with Crippen LogP contribution >= 0.6 is 0 Å². The highest BCUT2D eigenvalue weighted by Crippen LogP contribution is 2.79. The van der Waals surface area contributed by atoms with Gasteiger partial charge in [0.15, 0.2) is 6.10 Å². The van der Waals surface area contributed by atoms with Crippen LogP contribution in [-0.4, -0.2) is 47.7 Å². The van der Waals surface area contributed by atoms with Crippen LogP contribution in [0, 0.1) is 28.1 Å². The van der Waals surface area contributed by atoms with Gasteiger partial charge in [-0.2, -0.15) is 0 Å². The van der Waals surface area contributed by atoms with Crippen LogP contribution in [0.3, 0.4) is 0 Å². The molecular formula is C26H30O8. The summed E-state index contributed by atoms with van der Waals surface area (Å²) < 4.78 is 29.8. The number of epoxide rings is 1. The molecular weight excluding hydrogens is 440 g/mol. The lowest BCUT2D eigenvalue weighted by atomic mass is 9.37. The number of carbonyl (C=O) groups excluding carboxylic acids is 3. The Labute approximate surface area is 197 Å². The third-order valence-corrected chi connectivity index (χ3v) is 10.7. The molecule has 34 heavy (non-hydrogen) atoms. The quantitative estimate of drug-likeness (QED) is 0.455. The van der Waals surface area contributed by atoms with Crippen molar-refractivity contribution in [2.75, 3.05) is 6.61 Å². The maximum Gasteiger partial charge on any atom is 0.339 e. The molecule has 0 aromatic carbocycles. The summed E-state index contributed by atoms with van der Waals surface area (Å²) in [6.07, 6.45) is 3.46. The van der Waals surface area contributed by atoms with E-state index >= 15 is 0 Å². The lowest BCUT2D eigenvalue weighted by molar-refractivity contribution is -0.225. The number of cyclic esters (lactones) is 2. The van der Waals surface area contributed by atoms with Crippen molar-refractivity contribution in [3.8, 4) is 0 Å². The van der Waals surface area contributed by atoms with Gasteiger partial charge < -0.3 is 23.4 Å². The maximum atomic E-state index is 14.2. The summed E-state index contributed by atoms with van der Waals surface area (Å²) in [6.45, 7) is 8.36. The number of rotatable bonds is 1. The molecule has 4 saturated heterocycles. The third kappa shape index (κ3) is 2.02. The number of esters is 2. The Balaban J connectivity index is 1.41. The van der Waals surface area contributed by atoms with E-state index in [-0.39, 0.29) is 42.7 Å². The predicted molar refractivity (Wildman–Crippen MR) is 114 cm³/mol. The van der Waals surface area contributed by atoms with Crippen molar-refractivity contribution >= 4 is 17.7 Å². The molecule has 1 aromatic heterocycles. The second-order valence-corrected chi connectivity index (χ2v) is 12.2. The molecule has 6 aliphatic rings. The van der Waals surface area contributed by atoms with E-state index in [1.807, 2.05) is 26.8 Å². The van der Waals surface area contributed by atoms with E-state index in [9.17, 15) is 14.4 Å². The summed E-state index contributed by atoms with van der Waals surface area (Å²) in [5.74, 6) is -0.780. The number of furan rings is 1. The monoisotopic (exact) mass is 470 g/mol. The van der Waals surface area contributed by atoms with Gasteiger partial charge in [0.2, 0.25) is 0 Å². The number of Topliss-reactive ketones (excluding diaryl/α,β-unsaturated/α-hetero) is 1. The van der Waals surface area contributed by atoms with Gasteiger partial charge in [0.05, 0.1) is 36.1 Å². The minimum Gasteiger partial charge on any atom is -0.472 e. The molecule has 2 aliphatic carbocycles. The fraction of sp³-hybridized carbons (Fsp3) is 0.731. The normalized spacial score (nSPS) is 52.4. The van der Waals surface area contributed by atoms with Crippen molar-refractivity contribution < 1.29 is 37.7 Å². The fourth-order valence-electron chi connectivity index (χ4n) is 9.34. The first-order chi connectivity index (χ1) is 16.0. The van der Waals surface area contributed by atoms with Gasteiger partial charge in [0.25, 0.3) is 0 Å². The highest BCUT2D eigenvalue weighted by atomic mass is 16.7. The molecule has 4 aliphatic heterocycles. The summed E-state index contributed by atoms with van der Waals surface area (Å²) in [5, 5.41) is 0. The SMILES string of the molecule is CC1(C)O[C@H]2CC(=O)OC[C@]23C2CC[C@@]4(C)[C@@H](c5ccoc5)OC(=O)[C@@H]5O[C@]54[C@]2(C)C(=O)C[C@H]13. The molecule has 2 saturated carbocycles. The van der Waals surface area contributed by atoms with E-state index in [0.29, 0.717) is 12.8 Å². The van der Waals surface area contributed by atoms with Gasteiger partial charge in [-0.05, 0) is 45.6 Å². The van der Waals surface area contributed by atoms with E-state index in [2.05, 4.69) is 6.92 Å². The van der Waals surface area contributed by atoms with Gasteiger partial charge >= 0.3 is 11.9 Å². The Kier molecular flexibility index (Phi) is 3.70. The summed E-state index contributed by atoms with van der Waals surface area (Å²) in [5.41, 5.74) is -2.78. The lowest BCUT2D eigenvalue weighted by Crippen LogP contribution is -2.72. The predicted octanol–water partition coefficient (Wildman–Crippen LogP) is 3.14. The molecule has 0 radical (unpaired) electrons. The number of ether oxygens (including phenoxy) is 4. The van der Waals surface area contributed by atoms with Gasteiger partial charge in [-0.25, -0.2) is 4.79 Å². The van der Waals surface area contributed by atoms with Crippen LogP contribution in [0.4, 0.5) is 0 Å². The zero-order chi connectivity index (χ0) is 23.9. The van der Waals surface area contributed by atoms with Gasteiger partial charge in [-0.15, -0.1) is 0 Å². The van der Waals surface area contributed by atoms with E-state index < -0.39 is 45.6 Å². The number of hydrogen-bond donors (Lipinski definition) is 0. The average molecular weight is 471 g/mol. The van der Waals surface area contributed by atoms with Crippen molar-refractivity contribution in [1.29, 1.82) is 0 Å². The first-order valence-corrected chi connectivity index (χ1v) is 12.3. The number of carbonyl (C=O) groups is 3. The first kappa shape index (κ1) is 21.1. The van der Waals surface area contributed by atoms with Crippen molar-refractivity contribution in [1.82, 2.24) is 0 Å². The molecule has 5 heterocycles. The van der Waals surface area contributed by atoms with Gasteiger partial charge in [0, 0.05) is 28.7 Å². The lowest BCUT2D eigenvalue weighted by Gasteiger charge is -2.65. The van der Waals surface area contributed by atoms with E-state index in [0.717, 1.165) is 12.0 Å². The van der Waals surface area contributed by atoms with Crippen molar-refractivity contribution in [2.45, 2.75) is 82.9 Å². The summed E-state index contributed by atoms with van der Waals surface area (Å²) in [6, 6.07) is 1.81. The minimum absolute atomic E-state index is 0.0677. The standard InChI is InChI=1S/C26H30O8/c1-22(2)15-9-16(27)24(4)14(25(15)12-31-18(28)10-17(25)33-22)5-7-23(3)19(13-6-8-30-11-13)32-21(29)20-26(23,24)34-20/h6,8,11,14-15,17,19-20H,5,7,9-10,12H2,1-4H3/t14?,15-,17+,19-,20+,23+,24+,25-,26-/m1/s1. The smallest absolute Gasteiger partial charge is 0.339 e. The van der Waals surface area contributed by atoms with Crippen LogP contribution < -0.4 is 0 Å². The molecule has 2 spiro atoms. The fourth-order valence-corrected chi connectivity index (χ4v) is 9.34. The zero-order valence-electron chi connectivity index (χ0n) is 19.9. The Morgan fingerprint density at radius 1 is 0.971 bits per heavy atom. The zero-order valence-corrected chi connectivity index (χ0v) is 19.9. The molecule has 0 amide bonds. The number of hydrogen-bond acceptors (Lipinski definition) is 8. The molecule has 0 bridgehead atoms. The topological polar surface area (TPSA) is 105 Å².